The zero-order valence-corrected chi connectivity index (χ0v) is 48.6. The number of aromatic nitrogens is 6. The second kappa shape index (κ2) is 22.1. The van der Waals surface area contributed by atoms with Gasteiger partial charge in [0.1, 0.15) is 21.1 Å². The van der Waals surface area contributed by atoms with Gasteiger partial charge in [-0.15, -0.1) is 0 Å². The van der Waals surface area contributed by atoms with Gasteiger partial charge in [-0.1, -0.05) is 115 Å². The van der Waals surface area contributed by atoms with Crippen LogP contribution in [0.1, 0.15) is 47.2 Å². The summed E-state index contributed by atoms with van der Waals surface area (Å²) in [5.41, 5.74) is 22.4. The van der Waals surface area contributed by atoms with Gasteiger partial charge in [0.2, 0.25) is 34.2 Å². The number of furan rings is 3. The molecule has 0 spiro atoms. The number of hydrogen-bond donors (Lipinski definition) is 0. The van der Waals surface area contributed by atoms with E-state index < -0.39 is 13.7 Å². The summed E-state index contributed by atoms with van der Waals surface area (Å²) >= 11 is 0. The lowest BCUT2D eigenvalue weighted by Crippen LogP contribution is -2.31. The van der Waals surface area contributed by atoms with Gasteiger partial charge >= 0.3 is 0 Å². The van der Waals surface area contributed by atoms with Crippen molar-refractivity contribution in [3.63, 3.8) is 0 Å². The van der Waals surface area contributed by atoms with Crippen molar-refractivity contribution in [2.24, 2.45) is 21.1 Å². The molecule has 0 aliphatic carbocycles. The van der Waals surface area contributed by atoms with Gasteiger partial charge in [-0.3, -0.25) is 0 Å². The molecule has 0 N–H and O–H groups in total. The van der Waals surface area contributed by atoms with Crippen LogP contribution >= 0.6 is 0 Å². The molecule has 0 aliphatic rings. The molecule has 0 amide bonds. The van der Waals surface area contributed by atoms with E-state index in [1.54, 1.807) is 42.9 Å². The van der Waals surface area contributed by atoms with Gasteiger partial charge in [-0.25, -0.2) is 28.7 Å². The quantitative estimate of drug-likeness (QED) is 0.154. The minimum absolute atomic E-state index is 0.291. The maximum atomic E-state index is 8.11. The van der Waals surface area contributed by atoms with Crippen LogP contribution in [0.15, 0.2) is 226 Å². The van der Waals surface area contributed by atoms with Gasteiger partial charge < -0.3 is 13.3 Å². The Labute approximate surface area is 502 Å². The van der Waals surface area contributed by atoms with Crippen LogP contribution in [0.3, 0.4) is 0 Å². The van der Waals surface area contributed by atoms with Crippen LogP contribution in [0.4, 0.5) is 0 Å². The highest BCUT2D eigenvalue weighted by atomic mass is 16.3. The van der Waals surface area contributed by atoms with Crippen LogP contribution in [0.5, 0.6) is 0 Å². The molecule has 414 valence electrons. The van der Waals surface area contributed by atoms with E-state index in [1.807, 2.05) is 88.6 Å². The maximum absolute atomic E-state index is 8.11. The van der Waals surface area contributed by atoms with Crippen molar-refractivity contribution in [1.82, 2.24) is 15.0 Å². The lowest BCUT2D eigenvalue weighted by atomic mass is 9.95. The summed E-state index contributed by atoms with van der Waals surface area (Å²) in [6.07, 6.45) is 11.5. The lowest BCUT2D eigenvalue weighted by molar-refractivity contribution is -0.660. The van der Waals surface area contributed by atoms with Crippen molar-refractivity contribution in [3.05, 3.63) is 252 Å². The summed E-state index contributed by atoms with van der Waals surface area (Å²) in [4.78, 5) is 13.1. The molecule has 0 saturated heterocycles. The van der Waals surface area contributed by atoms with E-state index in [4.69, 9.17) is 21.5 Å². The second-order valence-electron chi connectivity index (χ2n) is 21.9. The van der Waals surface area contributed by atoms with Crippen LogP contribution < -0.4 is 13.7 Å². The first-order valence-electron chi connectivity index (χ1n) is 31.3. The largest absolute Gasteiger partial charge is 0.437 e. The summed E-state index contributed by atoms with van der Waals surface area (Å²) in [7, 11) is 6.09. The Morgan fingerprint density at radius 1 is 0.329 bits per heavy atom. The molecule has 9 heterocycles. The number of rotatable bonds is 6. The molecular formula is C76H65N6O3+3. The Hall–Kier alpha value is -10.4. The summed E-state index contributed by atoms with van der Waals surface area (Å²) in [6, 6.07) is 58.7. The Bertz CT molecular complexity index is 5310. The number of hydrogen-bond acceptors (Lipinski definition) is 6. The number of benzene rings is 6. The van der Waals surface area contributed by atoms with Crippen LogP contribution in [-0.2, 0) is 21.1 Å². The SMILES string of the molecule is Cc1cc(-c2c(C)ccc3c2oc2ncccc23)[n+](C)cc1-c1ccccc1.[2H]C([2H])([2H])c1cc(C)c(-c2cc(C)c(-c3ccccc3)c[n+]2C)c2oc3ncccc3c12.[2H]C([2H])([2H])c1cc(C)c(-c2ccc(-c3ccccc3)c[n+]2C)c2oc3ncccc3c12. The van der Waals surface area contributed by atoms with E-state index >= 15 is 0 Å². The Morgan fingerprint density at radius 3 is 1.24 bits per heavy atom. The van der Waals surface area contributed by atoms with Crippen molar-refractivity contribution < 1.29 is 35.2 Å². The molecule has 0 radical (unpaired) electrons. The lowest BCUT2D eigenvalue weighted by Gasteiger charge is -2.11. The third-order valence-electron chi connectivity index (χ3n) is 16.2. The highest BCUT2D eigenvalue weighted by Crippen LogP contribution is 2.42. The minimum atomic E-state index is -2.26. The molecule has 15 rings (SSSR count). The van der Waals surface area contributed by atoms with Crippen molar-refractivity contribution in [2.75, 3.05) is 0 Å². The van der Waals surface area contributed by atoms with Gasteiger partial charge in [0, 0.05) is 94.0 Å². The molecular weight excluding hydrogens is 1040 g/mol. The van der Waals surface area contributed by atoms with Crippen molar-refractivity contribution in [3.8, 4) is 67.2 Å². The Balaban J connectivity index is 0.000000125. The third-order valence-corrected chi connectivity index (χ3v) is 16.2. The van der Waals surface area contributed by atoms with Gasteiger partial charge in [0.05, 0.1) is 16.7 Å². The molecule has 0 unspecified atom stereocenters. The van der Waals surface area contributed by atoms with E-state index in [0.717, 1.165) is 94.5 Å². The fraction of sp³-hybridized carbons (Fsp3) is 0.132. The monoisotopic (exact) mass is 1120 g/mol. The molecule has 6 aromatic carbocycles. The first-order chi connectivity index (χ1) is 43.7. The third kappa shape index (κ3) is 9.77. The van der Waals surface area contributed by atoms with E-state index in [2.05, 4.69) is 166 Å². The molecule has 0 saturated carbocycles. The van der Waals surface area contributed by atoms with E-state index in [1.165, 1.54) is 22.3 Å². The predicted molar refractivity (Wildman–Crippen MR) is 344 cm³/mol. The first kappa shape index (κ1) is 47.1. The predicted octanol–water partition coefficient (Wildman–Crippen LogP) is 17.6. The molecule has 0 bridgehead atoms. The standard InChI is InChI=1S/C26H23N2O.2C25H21N2O/c1-16-14-22(28(4)15-21(16)19-9-6-5-7-10-19)24-18(3)13-17(2)23-20-11-8-12-27-26(20)29-25(23)24;1-16-14-17(2)23(24-22(16)20-10-7-13-26-25(20)28-24)21-12-11-19(15-27(21)3)18-8-5-4-6-9-18;1-16-11-12-19-20-10-7-13-26-25(20)28-24(19)23(16)22-14-17(2)21(15-27(22)3)18-8-5-4-6-9-18/h5-15H,1-4H3;2*4-15H,1-3H3/q3*+1/i2D3;1D3;. The normalized spacial score (nSPS) is 12.8. The molecule has 85 heavy (non-hydrogen) atoms. The fourth-order valence-corrected chi connectivity index (χ4v) is 12.1. The smallest absolute Gasteiger partial charge is 0.227 e. The summed E-state index contributed by atoms with van der Waals surface area (Å²) in [5, 5.41) is 4.81. The van der Waals surface area contributed by atoms with E-state index in [-0.39, 0.29) is 0 Å². The average Bonchev–Trinajstić information content (AvgIpc) is 1.56. The Kier molecular flexibility index (Phi) is 12.2. The number of fused-ring (bicyclic) bond motifs is 9. The molecule has 9 nitrogen and oxygen atoms in total. The minimum Gasteiger partial charge on any atom is -0.437 e. The number of pyridine rings is 6. The van der Waals surface area contributed by atoms with Crippen molar-refractivity contribution in [1.29, 1.82) is 0 Å². The van der Waals surface area contributed by atoms with Crippen LogP contribution in [0.25, 0.3) is 133 Å². The number of aryl methyl sites for hydroxylation is 10. The van der Waals surface area contributed by atoms with Crippen LogP contribution in [0, 0.1) is 48.3 Å². The fourth-order valence-electron chi connectivity index (χ4n) is 12.1. The van der Waals surface area contributed by atoms with Gasteiger partial charge in [-0.2, -0.15) is 0 Å². The van der Waals surface area contributed by atoms with Gasteiger partial charge in [0.15, 0.2) is 35.3 Å². The zero-order valence-electron chi connectivity index (χ0n) is 54.6. The van der Waals surface area contributed by atoms with Crippen LogP contribution in [0.2, 0.25) is 0 Å². The zero-order chi connectivity index (χ0) is 63.6. The highest BCUT2D eigenvalue weighted by Gasteiger charge is 2.27. The average molecular weight is 1120 g/mol. The van der Waals surface area contributed by atoms with Gasteiger partial charge in [-0.05, 0) is 146 Å². The summed E-state index contributed by atoms with van der Waals surface area (Å²) < 4.78 is 73.4. The molecule has 9 aromatic heterocycles. The molecule has 0 aliphatic heterocycles. The molecule has 0 fully saturated rings. The molecule has 9 heteroatoms. The van der Waals surface area contributed by atoms with Crippen molar-refractivity contribution in [2.45, 2.75) is 48.3 Å². The highest BCUT2D eigenvalue weighted by molar-refractivity contribution is 6.12. The molecule has 0 atom stereocenters. The van der Waals surface area contributed by atoms with Crippen molar-refractivity contribution >= 4 is 66.2 Å². The molecule has 15 aromatic rings. The summed E-state index contributed by atoms with van der Waals surface area (Å²) in [6.45, 7) is 5.74. The Morgan fingerprint density at radius 2 is 0.753 bits per heavy atom. The first-order valence-corrected chi connectivity index (χ1v) is 28.3. The second-order valence-corrected chi connectivity index (χ2v) is 21.9. The van der Waals surface area contributed by atoms with E-state index in [0.29, 0.717) is 55.6 Å². The number of nitrogens with zero attached hydrogens (tertiary/aromatic N) is 6. The topological polar surface area (TPSA) is 89.7 Å². The van der Waals surface area contributed by atoms with Crippen LogP contribution in [-0.4, -0.2) is 15.0 Å². The summed E-state index contributed by atoms with van der Waals surface area (Å²) in [5.74, 6) is 0. The van der Waals surface area contributed by atoms with Gasteiger partial charge in [0.25, 0.3) is 0 Å². The van der Waals surface area contributed by atoms with E-state index in [9.17, 15) is 0 Å². The maximum Gasteiger partial charge on any atom is 0.227 e.